The van der Waals surface area contributed by atoms with Gasteiger partial charge in [0.15, 0.2) is 0 Å². The Morgan fingerprint density at radius 2 is 1.64 bits per heavy atom. The molecule has 0 aliphatic carbocycles. The maximum absolute atomic E-state index is 12.2. The Bertz CT molecular complexity index is 788. The lowest BCUT2D eigenvalue weighted by molar-refractivity contribution is -0.167. The third-order valence-corrected chi connectivity index (χ3v) is 3.80. The summed E-state index contributed by atoms with van der Waals surface area (Å²) in [6.07, 6.45) is -4.08. The Morgan fingerprint density at radius 1 is 1.00 bits per heavy atom. The Morgan fingerprint density at radius 3 is 2.25 bits per heavy atom. The molecule has 0 aliphatic rings. The van der Waals surface area contributed by atoms with Crippen molar-refractivity contribution in [2.45, 2.75) is 32.5 Å². The van der Waals surface area contributed by atoms with Crippen molar-refractivity contribution in [2.24, 2.45) is 0 Å². The maximum Gasteiger partial charge on any atom is 0.471 e. The molecule has 28 heavy (non-hydrogen) atoms. The van der Waals surface area contributed by atoms with Crippen LogP contribution in [0.4, 0.5) is 18.9 Å². The Hall–Kier alpha value is -3.03. The van der Waals surface area contributed by atoms with Crippen molar-refractivity contribution >= 4 is 17.5 Å². The van der Waals surface area contributed by atoms with Crippen LogP contribution in [0, 0.1) is 6.92 Å². The fourth-order valence-corrected chi connectivity index (χ4v) is 2.25. The zero-order valence-corrected chi connectivity index (χ0v) is 15.3. The molecule has 8 heteroatoms. The van der Waals surface area contributed by atoms with E-state index in [9.17, 15) is 22.8 Å². The lowest BCUT2D eigenvalue weighted by atomic mass is 10.2. The summed E-state index contributed by atoms with van der Waals surface area (Å²) in [5, 5.41) is 4.49. The zero-order chi connectivity index (χ0) is 20.6. The van der Waals surface area contributed by atoms with E-state index in [4.69, 9.17) is 4.74 Å². The van der Waals surface area contributed by atoms with Crippen LogP contribution in [0.15, 0.2) is 48.5 Å². The molecule has 0 fully saturated rings. The highest BCUT2D eigenvalue weighted by Crippen LogP contribution is 2.18. The molecule has 2 N–H and O–H groups in total. The number of aryl methyl sites for hydroxylation is 1. The van der Waals surface area contributed by atoms with Crippen LogP contribution >= 0.6 is 0 Å². The predicted molar refractivity (Wildman–Crippen MR) is 98.9 cm³/mol. The number of carbonyl (C=O) groups excluding carboxylic acids is 2. The molecule has 0 atom stereocenters. The second kappa shape index (κ2) is 9.77. The summed E-state index contributed by atoms with van der Waals surface area (Å²) in [6, 6.07) is 13.4. The van der Waals surface area contributed by atoms with Gasteiger partial charge in [-0.1, -0.05) is 29.8 Å². The van der Waals surface area contributed by atoms with E-state index in [1.165, 1.54) is 24.3 Å². The van der Waals surface area contributed by atoms with Gasteiger partial charge in [0.1, 0.15) is 5.75 Å². The van der Waals surface area contributed by atoms with Gasteiger partial charge in [0.05, 0.1) is 6.61 Å². The number of halogens is 3. The van der Waals surface area contributed by atoms with E-state index in [2.05, 4.69) is 5.32 Å². The standard InChI is InChI=1S/C20H21F3N2O3/c1-14-4-10-17(11-5-14)28-12-2-3-18(26)24-13-15-6-8-16(9-7-15)25-19(27)20(21,22)23/h4-11H,2-3,12-13H2,1H3,(H,24,26)(H,25,27). The monoisotopic (exact) mass is 394 g/mol. The number of ether oxygens (including phenoxy) is 1. The number of hydrogen-bond donors (Lipinski definition) is 2. The summed E-state index contributed by atoms with van der Waals surface area (Å²) in [7, 11) is 0. The second-order valence-corrected chi connectivity index (χ2v) is 6.19. The van der Waals surface area contributed by atoms with Gasteiger partial charge in [-0.05, 0) is 43.2 Å². The molecule has 0 radical (unpaired) electrons. The maximum atomic E-state index is 12.2. The number of nitrogens with one attached hydrogen (secondary N) is 2. The molecule has 2 amide bonds. The highest BCUT2D eigenvalue weighted by Gasteiger charge is 2.38. The quantitative estimate of drug-likeness (QED) is 0.666. The fraction of sp³-hybridized carbons (Fsp3) is 0.300. The van der Waals surface area contributed by atoms with Gasteiger partial charge in [0, 0.05) is 18.7 Å². The van der Waals surface area contributed by atoms with Gasteiger partial charge >= 0.3 is 12.1 Å². The average Bonchev–Trinajstić information content (AvgIpc) is 2.65. The van der Waals surface area contributed by atoms with E-state index in [0.29, 0.717) is 25.0 Å². The SMILES string of the molecule is Cc1ccc(OCCCC(=O)NCc2ccc(NC(=O)C(F)(F)F)cc2)cc1. The molecular weight excluding hydrogens is 373 g/mol. The zero-order valence-electron chi connectivity index (χ0n) is 15.3. The number of hydrogen-bond acceptors (Lipinski definition) is 3. The van der Waals surface area contributed by atoms with Gasteiger partial charge in [-0.2, -0.15) is 13.2 Å². The van der Waals surface area contributed by atoms with Crippen LogP contribution in [0.2, 0.25) is 0 Å². The predicted octanol–water partition coefficient (Wildman–Crippen LogP) is 3.97. The van der Waals surface area contributed by atoms with Gasteiger partial charge in [0.25, 0.3) is 0 Å². The largest absolute Gasteiger partial charge is 0.494 e. The fourth-order valence-electron chi connectivity index (χ4n) is 2.25. The molecule has 0 bridgehead atoms. The number of benzene rings is 2. The number of amides is 2. The third-order valence-electron chi connectivity index (χ3n) is 3.80. The molecular formula is C20H21F3N2O3. The molecule has 0 saturated heterocycles. The van der Waals surface area contributed by atoms with Crippen molar-refractivity contribution in [3.8, 4) is 5.75 Å². The van der Waals surface area contributed by atoms with Crippen LogP contribution in [0.1, 0.15) is 24.0 Å². The number of alkyl halides is 3. The van der Waals surface area contributed by atoms with Crippen LogP contribution in [0.25, 0.3) is 0 Å². The first-order chi connectivity index (χ1) is 13.2. The van der Waals surface area contributed by atoms with Crippen molar-refractivity contribution in [1.29, 1.82) is 0 Å². The molecule has 2 rings (SSSR count). The lowest BCUT2D eigenvalue weighted by Crippen LogP contribution is -2.29. The minimum Gasteiger partial charge on any atom is -0.494 e. The molecule has 0 heterocycles. The molecule has 0 aromatic heterocycles. The molecule has 0 aliphatic heterocycles. The molecule has 150 valence electrons. The molecule has 0 unspecified atom stereocenters. The average molecular weight is 394 g/mol. The smallest absolute Gasteiger partial charge is 0.471 e. The van der Waals surface area contributed by atoms with Gasteiger partial charge in [0.2, 0.25) is 5.91 Å². The van der Waals surface area contributed by atoms with Crippen LogP contribution in [-0.2, 0) is 16.1 Å². The first-order valence-corrected chi connectivity index (χ1v) is 8.67. The summed E-state index contributed by atoms with van der Waals surface area (Å²) in [5.41, 5.74) is 1.88. The minimum absolute atomic E-state index is 0.0330. The highest BCUT2D eigenvalue weighted by atomic mass is 19.4. The van der Waals surface area contributed by atoms with Crippen LogP contribution in [0.3, 0.4) is 0 Å². The lowest BCUT2D eigenvalue weighted by Gasteiger charge is -2.09. The first kappa shape index (κ1) is 21.3. The first-order valence-electron chi connectivity index (χ1n) is 8.67. The minimum atomic E-state index is -4.93. The van der Waals surface area contributed by atoms with Gasteiger partial charge in [-0.3, -0.25) is 9.59 Å². The van der Waals surface area contributed by atoms with Crippen LogP contribution in [0.5, 0.6) is 5.75 Å². The third kappa shape index (κ3) is 7.30. The van der Waals surface area contributed by atoms with E-state index in [1.54, 1.807) is 5.32 Å². The summed E-state index contributed by atoms with van der Waals surface area (Å²) < 4.78 is 42.1. The molecule has 2 aromatic rings. The number of carbonyl (C=O) groups is 2. The Labute approximate surface area is 160 Å². The highest BCUT2D eigenvalue weighted by molar-refractivity contribution is 5.94. The van der Waals surface area contributed by atoms with Crippen LogP contribution in [-0.4, -0.2) is 24.6 Å². The van der Waals surface area contributed by atoms with E-state index in [1.807, 2.05) is 31.2 Å². The summed E-state index contributed by atoms with van der Waals surface area (Å²) in [4.78, 5) is 22.7. The Balaban J connectivity index is 1.66. The van der Waals surface area contributed by atoms with E-state index >= 15 is 0 Å². The summed E-state index contributed by atoms with van der Waals surface area (Å²) in [6.45, 7) is 2.65. The van der Waals surface area contributed by atoms with Gasteiger partial charge < -0.3 is 15.4 Å². The molecule has 0 saturated carbocycles. The van der Waals surface area contributed by atoms with Crippen molar-refractivity contribution in [2.75, 3.05) is 11.9 Å². The molecule has 0 spiro atoms. The van der Waals surface area contributed by atoms with E-state index in [-0.39, 0.29) is 18.1 Å². The summed E-state index contributed by atoms with van der Waals surface area (Å²) >= 11 is 0. The van der Waals surface area contributed by atoms with Gasteiger partial charge in [-0.15, -0.1) is 0 Å². The second-order valence-electron chi connectivity index (χ2n) is 6.19. The topological polar surface area (TPSA) is 67.4 Å². The normalized spacial score (nSPS) is 11.0. The van der Waals surface area contributed by atoms with Gasteiger partial charge in [-0.25, -0.2) is 0 Å². The summed E-state index contributed by atoms with van der Waals surface area (Å²) in [5.74, 6) is -1.42. The Kier molecular flexibility index (Phi) is 7.43. The van der Waals surface area contributed by atoms with Crippen molar-refractivity contribution in [3.63, 3.8) is 0 Å². The van der Waals surface area contributed by atoms with Crippen molar-refractivity contribution < 1.29 is 27.5 Å². The van der Waals surface area contributed by atoms with Crippen molar-refractivity contribution in [1.82, 2.24) is 5.32 Å². The molecule has 2 aromatic carbocycles. The van der Waals surface area contributed by atoms with Crippen molar-refractivity contribution in [3.05, 3.63) is 59.7 Å². The molecule has 5 nitrogen and oxygen atoms in total. The van der Waals surface area contributed by atoms with Crippen LogP contribution < -0.4 is 15.4 Å². The number of rotatable bonds is 8. The van der Waals surface area contributed by atoms with E-state index < -0.39 is 12.1 Å². The van der Waals surface area contributed by atoms with E-state index in [0.717, 1.165) is 11.3 Å². The number of anilines is 1.